The van der Waals surface area contributed by atoms with Crippen LogP contribution in [0.1, 0.15) is 37.3 Å². The minimum Gasteiger partial charge on any atom is -0.318 e. The maximum absolute atomic E-state index is 12.6. The molecule has 124 valence electrons. The molecule has 0 bridgehead atoms. The molecule has 3 rings (SSSR count). The van der Waals surface area contributed by atoms with Gasteiger partial charge in [-0.25, -0.2) is 0 Å². The molecular formula is C17H19N5O2. The lowest BCUT2D eigenvalue weighted by atomic mass is 10.2. The highest BCUT2D eigenvalue weighted by Crippen LogP contribution is 2.12. The fourth-order valence-electron chi connectivity index (χ4n) is 2.50. The molecule has 0 aliphatic carbocycles. The van der Waals surface area contributed by atoms with Crippen LogP contribution < -0.4 is 10.7 Å². The lowest BCUT2D eigenvalue weighted by Gasteiger charge is -2.09. The van der Waals surface area contributed by atoms with E-state index in [2.05, 4.69) is 15.5 Å². The van der Waals surface area contributed by atoms with Gasteiger partial charge in [0.05, 0.1) is 17.4 Å². The number of carbonyl (C=O) groups excluding carboxylic acids is 1. The molecular weight excluding hydrogens is 306 g/mol. The van der Waals surface area contributed by atoms with E-state index in [9.17, 15) is 9.59 Å². The second kappa shape index (κ2) is 6.27. The number of hydrogen-bond donors (Lipinski definition) is 1. The Morgan fingerprint density at radius 3 is 2.71 bits per heavy atom. The Kier molecular flexibility index (Phi) is 4.16. The second-order valence-electron chi connectivity index (χ2n) is 5.77. The molecule has 0 unspecified atom stereocenters. The lowest BCUT2D eigenvalue weighted by molar-refractivity contribution is 0.101. The highest BCUT2D eigenvalue weighted by molar-refractivity contribution is 6.04. The predicted molar refractivity (Wildman–Crippen MR) is 92.2 cm³/mol. The molecule has 3 aromatic rings. The Morgan fingerprint density at radius 2 is 2.04 bits per heavy atom. The number of aryl methyl sites for hydroxylation is 1. The van der Waals surface area contributed by atoms with Crippen LogP contribution in [0.5, 0.6) is 0 Å². The van der Waals surface area contributed by atoms with E-state index in [-0.39, 0.29) is 17.2 Å². The van der Waals surface area contributed by atoms with Gasteiger partial charge in [-0.2, -0.15) is 10.2 Å². The fraction of sp³-hybridized carbons (Fsp3) is 0.294. The van der Waals surface area contributed by atoms with Crippen molar-refractivity contribution in [1.29, 1.82) is 0 Å². The van der Waals surface area contributed by atoms with Crippen LogP contribution in [0.4, 0.5) is 5.69 Å². The summed E-state index contributed by atoms with van der Waals surface area (Å²) in [5.74, 6) is -0.531. The van der Waals surface area contributed by atoms with Crippen molar-refractivity contribution in [2.45, 2.75) is 33.4 Å². The van der Waals surface area contributed by atoms with Crippen LogP contribution in [-0.4, -0.2) is 25.5 Å². The maximum Gasteiger partial charge on any atom is 0.280 e. The number of hydrogen-bond acceptors (Lipinski definition) is 4. The van der Waals surface area contributed by atoms with E-state index in [1.807, 2.05) is 32.9 Å². The summed E-state index contributed by atoms with van der Waals surface area (Å²) in [5, 5.41) is 11.6. The fourth-order valence-corrected chi connectivity index (χ4v) is 2.50. The third-order valence-electron chi connectivity index (χ3n) is 3.77. The molecule has 2 aromatic heterocycles. The molecule has 0 saturated carbocycles. The molecule has 1 aromatic carbocycles. The van der Waals surface area contributed by atoms with E-state index in [1.165, 1.54) is 0 Å². The second-order valence-corrected chi connectivity index (χ2v) is 5.77. The van der Waals surface area contributed by atoms with Crippen molar-refractivity contribution in [2.75, 3.05) is 5.32 Å². The number of aromatic nitrogens is 4. The molecule has 1 amide bonds. The Balaban J connectivity index is 2.00. The van der Waals surface area contributed by atoms with Crippen LogP contribution in [0.2, 0.25) is 0 Å². The van der Waals surface area contributed by atoms with Crippen molar-refractivity contribution >= 4 is 22.5 Å². The van der Waals surface area contributed by atoms with Crippen molar-refractivity contribution < 1.29 is 4.79 Å². The quantitative estimate of drug-likeness (QED) is 0.799. The highest BCUT2D eigenvalue weighted by Gasteiger charge is 2.17. The number of carbonyl (C=O) groups is 1. The molecule has 2 heterocycles. The van der Waals surface area contributed by atoms with Crippen molar-refractivity contribution in [1.82, 2.24) is 19.6 Å². The highest BCUT2D eigenvalue weighted by atomic mass is 16.2. The van der Waals surface area contributed by atoms with E-state index in [0.717, 1.165) is 0 Å². The van der Waals surface area contributed by atoms with Crippen molar-refractivity contribution in [2.24, 2.45) is 0 Å². The summed E-state index contributed by atoms with van der Waals surface area (Å²) < 4.78 is 3.39. The molecule has 1 N–H and O–H groups in total. The van der Waals surface area contributed by atoms with Gasteiger partial charge in [-0.1, -0.05) is 12.1 Å². The Hall–Kier alpha value is -2.96. The Labute approximate surface area is 138 Å². The summed E-state index contributed by atoms with van der Waals surface area (Å²) in [5.41, 5.74) is 0.761. The topological polar surface area (TPSA) is 81.8 Å². The minimum atomic E-state index is -0.531. The van der Waals surface area contributed by atoms with Gasteiger partial charge in [0, 0.05) is 24.2 Å². The molecule has 24 heavy (non-hydrogen) atoms. The first kappa shape index (κ1) is 15.9. The zero-order valence-corrected chi connectivity index (χ0v) is 13.9. The van der Waals surface area contributed by atoms with E-state index < -0.39 is 5.91 Å². The first-order chi connectivity index (χ1) is 11.5. The predicted octanol–water partition coefficient (Wildman–Crippen LogP) is 2.45. The van der Waals surface area contributed by atoms with Gasteiger partial charge in [0.2, 0.25) is 5.43 Å². The third kappa shape index (κ3) is 2.80. The van der Waals surface area contributed by atoms with Gasteiger partial charge in [0.1, 0.15) is 0 Å². The zero-order chi connectivity index (χ0) is 17.3. The van der Waals surface area contributed by atoms with Gasteiger partial charge in [0.25, 0.3) is 5.91 Å². The van der Waals surface area contributed by atoms with Gasteiger partial charge in [-0.3, -0.25) is 19.0 Å². The molecule has 0 saturated heterocycles. The third-order valence-corrected chi connectivity index (χ3v) is 3.77. The SMILES string of the molecule is CCn1nc(C(=O)Nc2cnn(C(C)C)c2)c(=O)c2ccccc21. The number of fused-ring (bicyclic) bond motifs is 1. The van der Waals surface area contributed by atoms with Gasteiger partial charge < -0.3 is 5.32 Å². The molecule has 0 radical (unpaired) electrons. The number of para-hydroxylation sites is 1. The van der Waals surface area contributed by atoms with E-state index in [1.54, 1.807) is 33.9 Å². The lowest BCUT2D eigenvalue weighted by Crippen LogP contribution is -2.27. The average Bonchev–Trinajstić information content (AvgIpc) is 3.04. The van der Waals surface area contributed by atoms with Gasteiger partial charge >= 0.3 is 0 Å². The van der Waals surface area contributed by atoms with Crippen LogP contribution in [0.15, 0.2) is 41.5 Å². The number of anilines is 1. The summed E-state index contributed by atoms with van der Waals surface area (Å²) >= 11 is 0. The Bertz CT molecular complexity index is 955. The standard InChI is InChI=1S/C17H19N5O2/c1-4-21-14-8-6-5-7-13(14)16(23)15(20-21)17(24)19-12-9-18-22(10-12)11(2)3/h5-11H,4H2,1-3H3,(H,19,24). The summed E-state index contributed by atoms with van der Waals surface area (Å²) in [4.78, 5) is 25.1. The summed E-state index contributed by atoms with van der Waals surface area (Å²) in [6, 6.07) is 7.33. The molecule has 7 heteroatoms. The zero-order valence-electron chi connectivity index (χ0n) is 13.9. The van der Waals surface area contributed by atoms with Crippen LogP contribution in [-0.2, 0) is 6.54 Å². The van der Waals surface area contributed by atoms with Crippen molar-refractivity contribution in [3.63, 3.8) is 0 Å². The van der Waals surface area contributed by atoms with Crippen molar-refractivity contribution in [3.05, 3.63) is 52.6 Å². The molecule has 0 spiro atoms. The van der Waals surface area contributed by atoms with Crippen LogP contribution in [0.25, 0.3) is 10.9 Å². The first-order valence-electron chi connectivity index (χ1n) is 7.86. The number of nitrogens with zero attached hydrogens (tertiary/aromatic N) is 4. The summed E-state index contributed by atoms with van der Waals surface area (Å²) in [6.45, 7) is 6.46. The molecule has 0 atom stereocenters. The van der Waals surface area contributed by atoms with E-state index in [0.29, 0.717) is 23.1 Å². The smallest absolute Gasteiger partial charge is 0.280 e. The van der Waals surface area contributed by atoms with Crippen molar-refractivity contribution in [3.8, 4) is 0 Å². The number of amides is 1. The summed E-state index contributed by atoms with van der Waals surface area (Å²) in [7, 11) is 0. The van der Waals surface area contributed by atoms with Crippen LogP contribution in [0.3, 0.4) is 0 Å². The summed E-state index contributed by atoms with van der Waals surface area (Å²) in [6.07, 6.45) is 3.28. The van der Waals surface area contributed by atoms with Crippen LogP contribution >= 0.6 is 0 Å². The van der Waals surface area contributed by atoms with E-state index >= 15 is 0 Å². The van der Waals surface area contributed by atoms with E-state index in [4.69, 9.17) is 0 Å². The normalized spacial score (nSPS) is 11.2. The minimum absolute atomic E-state index is 0.118. The average molecular weight is 325 g/mol. The maximum atomic E-state index is 12.6. The van der Waals surface area contributed by atoms with Gasteiger partial charge in [-0.05, 0) is 32.9 Å². The largest absolute Gasteiger partial charge is 0.318 e. The van der Waals surface area contributed by atoms with Gasteiger partial charge in [0.15, 0.2) is 5.69 Å². The number of nitrogens with one attached hydrogen (secondary N) is 1. The monoisotopic (exact) mass is 325 g/mol. The molecule has 0 aliphatic rings. The molecule has 0 fully saturated rings. The number of benzene rings is 1. The Morgan fingerprint density at radius 1 is 1.29 bits per heavy atom. The van der Waals surface area contributed by atoms with Gasteiger partial charge in [-0.15, -0.1) is 0 Å². The van der Waals surface area contributed by atoms with Crippen LogP contribution in [0, 0.1) is 0 Å². The number of rotatable bonds is 4. The first-order valence-corrected chi connectivity index (χ1v) is 7.86. The molecule has 0 aliphatic heterocycles. The molecule has 7 nitrogen and oxygen atoms in total.